The summed E-state index contributed by atoms with van der Waals surface area (Å²) in [6.45, 7) is 0. The monoisotopic (exact) mass is 280 g/mol. The van der Waals surface area contributed by atoms with E-state index in [0.29, 0.717) is 16.9 Å². The first kappa shape index (κ1) is 12.9. The van der Waals surface area contributed by atoms with Gasteiger partial charge in [0.25, 0.3) is 5.56 Å². The third-order valence-electron chi connectivity index (χ3n) is 3.16. The topological polar surface area (TPSA) is 82.2 Å². The maximum atomic E-state index is 12.0. The lowest BCUT2D eigenvalue weighted by Crippen LogP contribution is -2.08. The van der Waals surface area contributed by atoms with Crippen LogP contribution >= 0.6 is 0 Å². The van der Waals surface area contributed by atoms with Gasteiger partial charge in [0.1, 0.15) is 5.82 Å². The van der Waals surface area contributed by atoms with Crippen molar-refractivity contribution in [2.45, 2.75) is 0 Å². The van der Waals surface area contributed by atoms with Gasteiger partial charge in [-0.15, -0.1) is 0 Å². The van der Waals surface area contributed by atoms with Crippen molar-refractivity contribution < 1.29 is 9.90 Å². The molecule has 0 saturated heterocycles. The molecule has 0 aliphatic carbocycles. The highest BCUT2D eigenvalue weighted by Gasteiger charge is 2.04. The molecule has 0 bridgehead atoms. The minimum atomic E-state index is -0.972. The highest BCUT2D eigenvalue weighted by Crippen LogP contribution is 2.18. The first-order valence-corrected chi connectivity index (χ1v) is 6.36. The lowest BCUT2D eigenvalue weighted by Gasteiger charge is -2.07. The average molecular weight is 280 g/mol. The number of benzene rings is 2. The molecular formula is C16H12N2O3. The Hall–Kier alpha value is -3.08. The quantitative estimate of drug-likeness (QED) is 0.689. The van der Waals surface area contributed by atoms with Crippen molar-refractivity contribution in [2.24, 2.45) is 0 Å². The molecule has 0 atom stereocenters. The van der Waals surface area contributed by atoms with Gasteiger partial charge >= 0.3 is 5.97 Å². The van der Waals surface area contributed by atoms with E-state index in [1.165, 1.54) is 12.1 Å². The number of nitrogens with one attached hydrogen (secondary N) is 2. The van der Waals surface area contributed by atoms with Crippen LogP contribution in [0.25, 0.3) is 10.8 Å². The summed E-state index contributed by atoms with van der Waals surface area (Å²) in [5.74, 6) is -0.414. The Kier molecular flexibility index (Phi) is 3.16. The van der Waals surface area contributed by atoms with Crippen LogP contribution in [0.15, 0.2) is 59.4 Å². The number of hydrogen-bond acceptors (Lipinski definition) is 3. The number of carboxylic acid groups (broad SMARTS) is 1. The van der Waals surface area contributed by atoms with Crippen molar-refractivity contribution in [3.63, 3.8) is 0 Å². The van der Waals surface area contributed by atoms with Crippen molar-refractivity contribution in [3.8, 4) is 0 Å². The normalized spacial score (nSPS) is 10.5. The van der Waals surface area contributed by atoms with E-state index in [1.54, 1.807) is 18.2 Å². The Morgan fingerprint density at radius 3 is 2.48 bits per heavy atom. The maximum absolute atomic E-state index is 12.0. The summed E-state index contributed by atoms with van der Waals surface area (Å²) in [5.41, 5.74) is 0.747. The van der Waals surface area contributed by atoms with E-state index in [9.17, 15) is 9.59 Å². The molecule has 5 nitrogen and oxygen atoms in total. The van der Waals surface area contributed by atoms with Crippen LogP contribution < -0.4 is 10.9 Å². The van der Waals surface area contributed by atoms with Crippen LogP contribution in [0.5, 0.6) is 0 Å². The molecule has 0 unspecified atom stereocenters. The van der Waals surface area contributed by atoms with Gasteiger partial charge in [0.05, 0.1) is 5.56 Å². The van der Waals surface area contributed by atoms with Crippen LogP contribution in [-0.2, 0) is 0 Å². The van der Waals surface area contributed by atoms with E-state index in [0.717, 1.165) is 5.39 Å². The van der Waals surface area contributed by atoms with E-state index in [1.807, 2.05) is 24.3 Å². The first-order chi connectivity index (χ1) is 10.1. The minimum absolute atomic E-state index is 0.169. The summed E-state index contributed by atoms with van der Waals surface area (Å²) in [7, 11) is 0. The number of aromatic nitrogens is 1. The fraction of sp³-hybridized carbons (Fsp3) is 0. The van der Waals surface area contributed by atoms with Crippen molar-refractivity contribution >= 4 is 28.2 Å². The fourth-order valence-electron chi connectivity index (χ4n) is 2.13. The molecule has 0 saturated carbocycles. The zero-order valence-corrected chi connectivity index (χ0v) is 11.0. The predicted octanol–water partition coefficient (Wildman–Crippen LogP) is 2.97. The molecule has 3 rings (SSSR count). The van der Waals surface area contributed by atoms with E-state index in [2.05, 4.69) is 10.3 Å². The molecule has 2 aromatic carbocycles. The number of aromatic carboxylic acids is 1. The molecular weight excluding hydrogens is 268 g/mol. The number of anilines is 2. The number of pyridine rings is 1. The average Bonchev–Trinajstić information content (AvgIpc) is 2.48. The smallest absolute Gasteiger partial charge is 0.335 e. The SMILES string of the molecule is O=C(O)c1ccc(Nc2cc3ccccc3c(=O)[nH]2)cc1. The summed E-state index contributed by atoms with van der Waals surface area (Å²) in [6.07, 6.45) is 0. The largest absolute Gasteiger partial charge is 0.478 e. The summed E-state index contributed by atoms with van der Waals surface area (Å²) in [6, 6.07) is 15.5. The molecule has 5 heteroatoms. The van der Waals surface area contributed by atoms with Gasteiger partial charge in [0.2, 0.25) is 0 Å². The van der Waals surface area contributed by atoms with E-state index in [4.69, 9.17) is 5.11 Å². The summed E-state index contributed by atoms with van der Waals surface area (Å²) < 4.78 is 0. The second-order valence-corrected chi connectivity index (χ2v) is 4.61. The Balaban J connectivity index is 1.94. The number of hydrogen-bond donors (Lipinski definition) is 3. The van der Waals surface area contributed by atoms with Crippen LogP contribution in [0, 0.1) is 0 Å². The Morgan fingerprint density at radius 2 is 1.76 bits per heavy atom. The Labute approximate surface area is 119 Å². The highest BCUT2D eigenvalue weighted by molar-refractivity contribution is 5.88. The zero-order valence-electron chi connectivity index (χ0n) is 11.0. The molecule has 0 aliphatic heterocycles. The van der Waals surface area contributed by atoms with Gasteiger partial charge in [-0.25, -0.2) is 4.79 Å². The molecule has 0 radical (unpaired) electrons. The number of H-pyrrole nitrogens is 1. The Bertz CT molecular complexity index is 867. The molecule has 3 N–H and O–H groups in total. The molecule has 1 heterocycles. The summed E-state index contributed by atoms with van der Waals surface area (Å²) in [4.78, 5) is 25.5. The lowest BCUT2D eigenvalue weighted by molar-refractivity contribution is 0.0697. The van der Waals surface area contributed by atoms with E-state index < -0.39 is 5.97 Å². The van der Waals surface area contributed by atoms with Gasteiger partial charge in [0.15, 0.2) is 0 Å². The van der Waals surface area contributed by atoms with Crippen molar-refractivity contribution in [1.82, 2.24) is 4.98 Å². The summed E-state index contributed by atoms with van der Waals surface area (Å²) >= 11 is 0. The van der Waals surface area contributed by atoms with Crippen molar-refractivity contribution in [3.05, 3.63) is 70.5 Å². The maximum Gasteiger partial charge on any atom is 0.335 e. The van der Waals surface area contributed by atoms with Crippen LogP contribution in [0.2, 0.25) is 0 Å². The van der Waals surface area contributed by atoms with Crippen LogP contribution in [0.3, 0.4) is 0 Å². The predicted molar refractivity (Wildman–Crippen MR) is 81.3 cm³/mol. The van der Waals surface area contributed by atoms with Gasteiger partial charge in [-0.3, -0.25) is 4.79 Å². The van der Waals surface area contributed by atoms with Gasteiger partial charge in [-0.1, -0.05) is 18.2 Å². The van der Waals surface area contributed by atoms with Gasteiger partial charge in [-0.2, -0.15) is 0 Å². The zero-order chi connectivity index (χ0) is 14.8. The highest BCUT2D eigenvalue weighted by atomic mass is 16.4. The molecule has 104 valence electrons. The van der Waals surface area contributed by atoms with Crippen LogP contribution in [0.4, 0.5) is 11.5 Å². The van der Waals surface area contributed by atoms with E-state index in [-0.39, 0.29) is 11.1 Å². The molecule has 3 aromatic rings. The van der Waals surface area contributed by atoms with Crippen molar-refractivity contribution in [2.75, 3.05) is 5.32 Å². The van der Waals surface area contributed by atoms with E-state index >= 15 is 0 Å². The lowest BCUT2D eigenvalue weighted by atomic mass is 10.1. The Morgan fingerprint density at radius 1 is 1.05 bits per heavy atom. The fourth-order valence-corrected chi connectivity index (χ4v) is 2.13. The molecule has 0 fully saturated rings. The van der Waals surface area contributed by atoms with Crippen molar-refractivity contribution in [1.29, 1.82) is 0 Å². The number of carboxylic acids is 1. The van der Waals surface area contributed by atoms with Crippen LogP contribution in [0.1, 0.15) is 10.4 Å². The number of aromatic amines is 1. The molecule has 0 aliphatic rings. The third-order valence-corrected chi connectivity index (χ3v) is 3.16. The number of carbonyl (C=O) groups is 1. The van der Waals surface area contributed by atoms with Crippen LogP contribution in [-0.4, -0.2) is 16.1 Å². The van der Waals surface area contributed by atoms with Gasteiger partial charge in [0, 0.05) is 11.1 Å². The second-order valence-electron chi connectivity index (χ2n) is 4.61. The second kappa shape index (κ2) is 5.13. The summed E-state index contributed by atoms with van der Waals surface area (Å²) in [5, 5.41) is 13.4. The van der Waals surface area contributed by atoms with Gasteiger partial charge in [-0.05, 0) is 41.8 Å². The molecule has 1 aromatic heterocycles. The molecule has 0 amide bonds. The molecule has 0 spiro atoms. The number of fused-ring (bicyclic) bond motifs is 1. The van der Waals surface area contributed by atoms with Gasteiger partial charge < -0.3 is 15.4 Å². The molecule has 21 heavy (non-hydrogen) atoms. The standard InChI is InChI=1S/C16H12N2O3/c19-15-13-4-2-1-3-11(13)9-14(18-15)17-12-7-5-10(6-8-12)16(20)21/h1-9H,(H,20,21)(H2,17,18,19). The third kappa shape index (κ3) is 2.62. The number of rotatable bonds is 3. The first-order valence-electron chi connectivity index (χ1n) is 6.36. The minimum Gasteiger partial charge on any atom is -0.478 e.